The summed E-state index contributed by atoms with van der Waals surface area (Å²) in [6, 6.07) is 5.60. The molecule has 1 heterocycles. The first-order valence-electron chi connectivity index (χ1n) is 5.62. The van der Waals surface area contributed by atoms with Crippen molar-refractivity contribution in [1.29, 1.82) is 0 Å². The van der Waals surface area contributed by atoms with Gasteiger partial charge in [0.25, 0.3) is 0 Å². The molecule has 2 rings (SSSR count). The number of benzene rings is 1. The van der Waals surface area contributed by atoms with Gasteiger partial charge in [-0.05, 0) is 29.7 Å². The van der Waals surface area contributed by atoms with Crippen LogP contribution in [0, 0.1) is 0 Å². The fourth-order valence-electron chi connectivity index (χ4n) is 2.03. The molecule has 0 fully saturated rings. The van der Waals surface area contributed by atoms with E-state index in [0.29, 0.717) is 12.3 Å². The van der Waals surface area contributed by atoms with Crippen molar-refractivity contribution >= 4 is 11.9 Å². The SMILES string of the molecule is CC(=O)Oc1ccc2c(c1)CN(C(C)=O)CC2. The van der Waals surface area contributed by atoms with Gasteiger partial charge in [-0.2, -0.15) is 0 Å². The summed E-state index contributed by atoms with van der Waals surface area (Å²) in [5, 5.41) is 0. The molecule has 0 bridgehead atoms. The Balaban J connectivity index is 2.22. The van der Waals surface area contributed by atoms with Crippen LogP contribution in [0.15, 0.2) is 18.2 Å². The normalized spacial score (nSPS) is 14.1. The zero-order valence-electron chi connectivity index (χ0n) is 10.0. The maximum Gasteiger partial charge on any atom is 0.308 e. The Morgan fingerprint density at radius 2 is 2.00 bits per heavy atom. The van der Waals surface area contributed by atoms with Crippen molar-refractivity contribution in [2.45, 2.75) is 26.8 Å². The third-order valence-electron chi connectivity index (χ3n) is 2.90. The van der Waals surface area contributed by atoms with E-state index in [9.17, 15) is 9.59 Å². The first-order chi connectivity index (χ1) is 8.06. The lowest BCUT2D eigenvalue weighted by Gasteiger charge is -2.28. The van der Waals surface area contributed by atoms with E-state index < -0.39 is 0 Å². The van der Waals surface area contributed by atoms with Gasteiger partial charge >= 0.3 is 5.97 Å². The maximum absolute atomic E-state index is 11.3. The minimum absolute atomic E-state index is 0.0774. The topological polar surface area (TPSA) is 46.6 Å². The van der Waals surface area contributed by atoms with Crippen molar-refractivity contribution < 1.29 is 14.3 Å². The summed E-state index contributed by atoms with van der Waals surface area (Å²) in [5.41, 5.74) is 2.28. The number of esters is 1. The zero-order chi connectivity index (χ0) is 12.4. The van der Waals surface area contributed by atoms with Gasteiger partial charge < -0.3 is 9.64 Å². The Bertz CT molecular complexity index is 468. The molecule has 1 amide bonds. The molecule has 0 spiro atoms. The summed E-state index contributed by atoms with van der Waals surface area (Å²) >= 11 is 0. The number of nitrogens with zero attached hydrogens (tertiary/aromatic N) is 1. The molecule has 0 aliphatic carbocycles. The number of hydrogen-bond acceptors (Lipinski definition) is 3. The molecule has 1 aromatic carbocycles. The smallest absolute Gasteiger partial charge is 0.308 e. The maximum atomic E-state index is 11.3. The van der Waals surface area contributed by atoms with E-state index in [1.807, 2.05) is 12.1 Å². The molecule has 90 valence electrons. The molecule has 0 saturated heterocycles. The molecule has 0 atom stereocenters. The molecule has 0 saturated carbocycles. The van der Waals surface area contributed by atoms with E-state index in [0.717, 1.165) is 18.5 Å². The Labute approximate surface area is 100 Å². The van der Waals surface area contributed by atoms with Crippen LogP contribution in [-0.4, -0.2) is 23.3 Å². The number of fused-ring (bicyclic) bond motifs is 1. The van der Waals surface area contributed by atoms with Crippen LogP contribution >= 0.6 is 0 Å². The average molecular weight is 233 g/mol. The molecule has 0 radical (unpaired) electrons. The van der Waals surface area contributed by atoms with Crippen LogP contribution in [0.2, 0.25) is 0 Å². The average Bonchev–Trinajstić information content (AvgIpc) is 2.27. The van der Waals surface area contributed by atoms with E-state index in [1.54, 1.807) is 17.9 Å². The molecule has 4 heteroatoms. The summed E-state index contributed by atoms with van der Waals surface area (Å²) in [5.74, 6) is 0.291. The third-order valence-corrected chi connectivity index (χ3v) is 2.90. The van der Waals surface area contributed by atoms with Crippen LogP contribution in [-0.2, 0) is 22.6 Å². The van der Waals surface area contributed by atoms with Gasteiger partial charge in [0.05, 0.1) is 0 Å². The second-order valence-electron chi connectivity index (χ2n) is 4.21. The minimum atomic E-state index is -0.329. The van der Waals surface area contributed by atoms with Gasteiger partial charge in [0.1, 0.15) is 5.75 Å². The molecule has 0 aromatic heterocycles. The molecule has 0 N–H and O–H groups in total. The number of carbonyl (C=O) groups excluding carboxylic acids is 2. The highest BCUT2D eigenvalue weighted by molar-refractivity contribution is 5.73. The second kappa shape index (κ2) is 4.57. The molecule has 17 heavy (non-hydrogen) atoms. The van der Waals surface area contributed by atoms with Crippen molar-refractivity contribution in [3.63, 3.8) is 0 Å². The predicted octanol–water partition coefficient (Wildman–Crippen LogP) is 1.52. The lowest BCUT2D eigenvalue weighted by Crippen LogP contribution is -2.34. The predicted molar refractivity (Wildman–Crippen MR) is 62.5 cm³/mol. The number of ether oxygens (including phenoxy) is 1. The van der Waals surface area contributed by atoms with Crippen molar-refractivity contribution in [3.8, 4) is 5.75 Å². The molecule has 1 aromatic rings. The number of hydrogen-bond donors (Lipinski definition) is 0. The Hall–Kier alpha value is -1.84. The molecule has 1 aliphatic rings. The van der Waals surface area contributed by atoms with Crippen LogP contribution in [0.4, 0.5) is 0 Å². The van der Waals surface area contributed by atoms with Crippen LogP contribution in [0.25, 0.3) is 0 Å². The summed E-state index contributed by atoms with van der Waals surface area (Å²) in [7, 11) is 0. The van der Waals surface area contributed by atoms with Crippen molar-refractivity contribution in [2.24, 2.45) is 0 Å². The fourth-order valence-corrected chi connectivity index (χ4v) is 2.03. The van der Waals surface area contributed by atoms with E-state index in [4.69, 9.17) is 4.74 Å². The monoisotopic (exact) mass is 233 g/mol. The molecule has 1 aliphatic heterocycles. The zero-order valence-corrected chi connectivity index (χ0v) is 10.0. The summed E-state index contributed by atoms with van der Waals surface area (Å²) < 4.78 is 5.03. The van der Waals surface area contributed by atoms with Gasteiger partial charge in [-0.15, -0.1) is 0 Å². The highest BCUT2D eigenvalue weighted by Gasteiger charge is 2.18. The van der Waals surface area contributed by atoms with Crippen LogP contribution < -0.4 is 4.74 Å². The molecule has 4 nitrogen and oxygen atoms in total. The van der Waals surface area contributed by atoms with Gasteiger partial charge in [0, 0.05) is 26.9 Å². The van der Waals surface area contributed by atoms with E-state index in [1.165, 1.54) is 12.5 Å². The van der Waals surface area contributed by atoms with E-state index in [2.05, 4.69) is 0 Å². The fraction of sp³-hybridized carbons (Fsp3) is 0.385. The van der Waals surface area contributed by atoms with Gasteiger partial charge in [-0.25, -0.2) is 0 Å². The number of rotatable bonds is 1. The lowest BCUT2D eigenvalue weighted by molar-refractivity contribution is -0.132. The molecule has 0 unspecified atom stereocenters. The first kappa shape index (κ1) is 11.6. The molecular formula is C13H15NO3. The highest BCUT2D eigenvalue weighted by atomic mass is 16.5. The Morgan fingerprint density at radius 3 is 2.65 bits per heavy atom. The van der Waals surface area contributed by atoms with Gasteiger partial charge in [-0.1, -0.05) is 6.07 Å². The van der Waals surface area contributed by atoms with Crippen molar-refractivity contribution in [3.05, 3.63) is 29.3 Å². The lowest BCUT2D eigenvalue weighted by atomic mass is 9.99. The van der Waals surface area contributed by atoms with Crippen LogP contribution in [0.1, 0.15) is 25.0 Å². The first-order valence-corrected chi connectivity index (χ1v) is 5.62. The number of amides is 1. The highest BCUT2D eigenvalue weighted by Crippen LogP contribution is 2.24. The van der Waals surface area contributed by atoms with Crippen molar-refractivity contribution in [1.82, 2.24) is 4.90 Å². The number of carbonyl (C=O) groups is 2. The van der Waals surface area contributed by atoms with Crippen LogP contribution in [0.5, 0.6) is 5.75 Å². The summed E-state index contributed by atoms with van der Waals surface area (Å²) in [6.07, 6.45) is 0.856. The Kier molecular flexibility index (Phi) is 3.13. The summed E-state index contributed by atoms with van der Waals surface area (Å²) in [6.45, 7) is 4.30. The minimum Gasteiger partial charge on any atom is -0.427 e. The van der Waals surface area contributed by atoms with Gasteiger partial charge in [-0.3, -0.25) is 9.59 Å². The Morgan fingerprint density at radius 1 is 1.24 bits per heavy atom. The standard InChI is InChI=1S/C13H15NO3/c1-9(15)14-6-5-11-3-4-13(17-10(2)16)7-12(11)8-14/h3-4,7H,5-6,8H2,1-2H3. The largest absolute Gasteiger partial charge is 0.427 e. The second-order valence-corrected chi connectivity index (χ2v) is 4.21. The van der Waals surface area contributed by atoms with E-state index >= 15 is 0 Å². The quantitative estimate of drug-likeness (QED) is 0.545. The van der Waals surface area contributed by atoms with Gasteiger partial charge in [0.15, 0.2) is 0 Å². The van der Waals surface area contributed by atoms with E-state index in [-0.39, 0.29) is 11.9 Å². The third kappa shape index (κ3) is 2.64. The van der Waals surface area contributed by atoms with Gasteiger partial charge in [0.2, 0.25) is 5.91 Å². The van der Waals surface area contributed by atoms with Crippen molar-refractivity contribution in [2.75, 3.05) is 6.54 Å². The summed E-state index contributed by atoms with van der Waals surface area (Å²) in [4.78, 5) is 24.0. The molecular weight excluding hydrogens is 218 g/mol. The van der Waals surface area contributed by atoms with Crippen LogP contribution in [0.3, 0.4) is 0 Å².